The van der Waals surface area contributed by atoms with Crippen LogP contribution in [0, 0.1) is 6.92 Å². The fraction of sp³-hybridized carbons (Fsp3) is 0.308. The molecule has 20 heavy (non-hydrogen) atoms. The van der Waals surface area contributed by atoms with Gasteiger partial charge in [0.25, 0.3) is 5.91 Å². The Morgan fingerprint density at radius 2 is 2.25 bits per heavy atom. The number of anilines is 1. The van der Waals surface area contributed by atoms with E-state index in [1.165, 1.54) is 11.3 Å². The zero-order valence-corrected chi connectivity index (χ0v) is 13.5. The molecule has 0 aliphatic rings. The maximum Gasteiger partial charge on any atom is 0.259 e. The van der Waals surface area contributed by atoms with Crippen LogP contribution >= 0.6 is 34.7 Å². The maximum atomic E-state index is 12.1. The van der Waals surface area contributed by atoms with E-state index in [-0.39, 0.29) is 5.91 Å². The number of amides is 1. The number of carbonyl (C=O) groups excluding carboxylic acids is 1. The monoisotopic (exact) mass is 327 g/mol. The number of halogens is 1. The van der Waals surface area contributed by atoms with Crippen molar-refractivity contribution >= 4 is 45.7 Å². The number of nitrogens with one attached hydrogen (secondary N) is 1. The number of hydrogen-bond acceptors (Lipinski definition) is 5. The van der Waals surface area contributed by atoms with Crippen molar-refractivity contribution in [1.82, 2.24) is 10.2 Å². The Bertz CT molecular complexity index is 615. The lowest BCUT2D eigenvalue weighted by Gasteiger charge is -2.04. The molecule has 0 aliphatic carbocycles. The molecule has 0 atom stereocenters. The van der Waals surface area contributed by atoms with Gasteiger partial charge in [0, 0.05) is 5.75 Å². The van der Waals surface area contributed by atoms with Gasteiger partial charge in [0.1, 0.15) is 0 Å². The molecule has 1 heterocycles. The molecule has 1 aromatic heterocycles. The molecule has 0 spiro atoms. The van der Waals surface area contributed by atoms with Crippen molar-refractivity contribution < 1.29 is 4.79 Å². The molecule has 0 aliphatic heterocycles. The largest absolute Gasteiger partial charge is 0.296 e. The highest BCUT2D eigenvalue weighted by Gasteiger charge is 2.13. The van der Waals surface area contributed by atoms with Gasteiger partial charge in [0.05, 0.1) is 10.6 Å². The fourth-order valence-electron chi connectivity index (χ4n) is 1.48. The van der Waals surface area contributed by atoms with Crippen LogP contribution in [0.15, 0.2) is 22.5 Å². The molecule has 0 saturated carbocycles. The van der Waals surface area contributed by atoms with E-state index in [1.807, 2.05) is 13.0 Å². The summed E-state index contributed by atoms with van der Waals surface area (Å²) in [5.41, 5.74) is 1.45. The molecular weight excluding hydrogens is 314 g/mol. The van der Waals surface area contributed by atoms with Crippen LogP contribution in [-0.4, -0.2) is 21.9 Å². The number of thioether (sulfide) groups is 1. The Kier molecular flexibility index (Phi) is 5.39. The average molecular weight is 328 g/mol. The first kappa shape index (κ1) is 15.3. The second kappa shape index (κ2) is 7.06. The van der Waals surface area contributed by atoms with E-state index in [4.69, 9.17) is 11.6 Å². The van der Waals surface area contributed by atoms with E-state index >= 15 is 0 Å². The second-order valence-electron chi connectivity index (χ2n) is 4.16. The molecule has 7 heteroatoms. The lowest BCUT2D eigenvalue weighted by Crippen LogP contribution is -2.12. The van der Waals surface area contributed by atoms with Crippen molar-refractivity contribution in [1.29, 1.82) is 0 Å². The highest BCUT2D eigenvalue weighted by Crippen LogP contribution is 2.26. The lowest BCUT2D eigenvalue weighted by molar-refractivity contribution is 0.102. The summed E-state index contributed by atoms with van der Waals surface area (Å²) in [5, 5.41) is 11.6. The van der Waals surface area contributed by atoms with E-state index < -0.39 is 0 Å². The molecule has 4 nitrogen and oxygen atoms in total. The third kappa shape index (κ3) is 3.94. The minimum atomic E-state index is -0.266. The summed E-state index contributed by atoms with van der Waals surface area (Å²) in [6.45, 7) is 4.03. The predicted molar refractivity (Wildman–Crippen MR) is 85.1 cm³/mol. The summed E-state index contributed by atoms with van der Waals surface area (Å²) in [6.07, 6.45) is 1.07. The molecule has 2 aromatic rings. The van der Waals surface area contributed by atoms with Gasteiger partial charge in [0.15, 0.2) is 4.34 Å². The quantitative estimate of drug-likeness (QED) is 0.658. The third-order valence-corrected chi connectivity index (χ3v) is 4.92. The van der Waals surface area contributed by atoms with Gasteiger partial charge >= 0.3 is 0 Å². The predicted octanol–water partition coefficient (Wildman–Crippen LogP) is 4.25. The maximum absolute atomic E-state index is 12.1. The third-order valence-electron chi connectivity index (χ3n) is 2.43. The summed E-state index contributed by atoms with van der Waals surface area (Å²) in [5.74, 6) is 0.727. The van der Waals surface area contributed by atoms with Crippen molar-refractivity contribution in [3.05, 3.63) is 34.3 Å². The minimum absolute atomic E-state index is 0.266. The molecular formula is C13H14ClN3OS2. The first-order valence-electron chi connectivity index (χ1n) is 6.14. The normalized spacial score (nSPS) is 10.6. The molecule has 106 valence electrons. The Labute approximate surface area is 130 Å². The highest BCUT2D eigenvalue weighted by atomic mass is 35.5. The number of carbonyl (C=O) groups is 1. The molecule has 0 saturated heterocycles. The van der Waals surface area contributed by atoms with Gasteiger partial charge in [0.2, 0.25) is 5.13 Å². The van der Waals surface area contributed by atoms with Crippen LogP contribution < -0.4 is 5.32 Å². The van der Waals surface area contributed by atoms with E-state index in [9.17, 15) is 4.79 Å². The zero-order chi connectivity index (χ0) is 14.5. The Morgan fingerprint density at radius 1 is 1.45 bits per heavy atom. The molecule has 1 amide bonds. The Hall–Kier alpha value is -1.11. The van der Waals surface area contributed by atoms with Crippen LogP contribution in [-0.2, 0) is 0 Å². The number of aryl methyl sites for hydroxylation is 1. The zero-order valence-electron chi connectivity index (χ0n) is 11.1. The van der Waals surface area contributed by atoms with E-state index in [2.05, 4.69) is 22.4 Å². The number of rotatable bonds is 5. The summed E-state index contributed by atoms with van der Waals surface area (Å²) >= 11 is 9.07. The summed E-state index contributed by atoms with van der Waals surface area (Å²) < 4.78 is 0.858. The van der Waals surface area contributed by atoms with Gasteiger partial charge in [-0.15, -0.1) is 10.2 Å². The van der Waals surface area contributed by atoms with Gasteiger partial charge in [-0.25, -0.2) is 0 Å². The summed E-state index contributed by atoms with van der Waals surface area (Å²) in [4.78, 5) is 12.1. The average Bonchev–Trinajstić information content (AvgIpc) is 2.83. The topological polar surface area (TPSA) is 54.9 Å². The Balaban J connectivity index is 2.05. The molecule has 0 radical (unpaired) electrons. The van der Waals surface area contributed by atoms with Crippen LogP contribution in [0.2, 0.25) is 5.02 Å². The van der Waals surface area contributed by atoms with Crippen molar-refractivity contribution in [2.75, 3.05) is 11.1 Å². The first-order chi connectivity index (χ1) is 9.60. The van der Waals surface area contributed by atoms with Crippen molar-refractivity contribution in [3.8, 4) is 0 Å². The van der Waals surface area contributed by atoms with E-state index in [1.54, 1.807) is 23.9 Å². The van der Waals surface area contributed by atoms with E-state index in [0.29, 0.717) is 15.7 Å². The van der Waals surface area contributed by atoms with Crippen molar-refractivity contribution in [3.63, 3.8) is 0 Å². The Morgan fingerprint density at radius 3 is 2.95 bits per heavy atom. The molecule has 0 fully saturated rings. The molecule has 2 rings (SSSR count). The number of aromatic nitrogens is 2. The van der Waals surface area contributed by atoms with Gasteiger partial charge in [-0.3, -0.25) is 10.1 Å². The van der Waals surface area contributed by atoms with Crippen LogP contribution in [0.25, 0.3) is 0 Å². The molecule has 0 bridgehead atoms. The number of nitrogens with zero attached hydrogens (tertiary/aromatic N) is 2. The standard InChI is InChI=1S/C13H14ClN3OS2/c1-3-6-19-13-17-16-12(20-13)15-11(18)9-5-4-8(2)7-10(9)14/h4-5,7H,3,6H2,1-2H3,(H,15,16,18). The van der Waals surface area contributed by atoms with Crippen LogP contribution in [0.4, 0.5) is 5.13 Å². The number of benzene rings is 1. The lowest BCUT2D eigenvalue weighted by atomic mass is 10.1. The first-order valence-corrected chi connectivity index (χ1v) is 8.32. The fourth-order valence-corrected chi connectivity index (χ4v) is 3.47. The molecule has 1 N–H and O–H groups in total. The van der Waals surface area contributed by atoms with Crippen LogP contribution in [0.5, 0.6) is 0 Å². The van der Waals surface area contributed by atoms with Crippen LogP contribution in [0.1, 0.15) is 29.3 Å². The second-order valence-corrected chi connectivity index (χ2v) is 6.89. The molecule has 0 unspecified atom stereocenters. The minimum Gasteiger partial charge on any atom is -0.296 e. The van der Waals surface area contributed by atoms with Gasteiger partial charge in [-0.05, 0) is 31.0 Å². The van der Waals surface area contributed by atoms with Crippen molar-refractivity contribution in [2.24, 2.45) is 0 Å². The summed E-state index contributed by atoms with van der Waals surface area (Å²) in [7, 11) is 0. The summed E-state index contributed by atoms with van der Waals surface area (Å²) in [6, 6.07) is 5.32. The van der Waals surface area contributed by atoms with Gasteiger partial charge in [-0.2, -0.15) is 0 Å². The SMILES string of the molecule is CCCSc1nnc(NC(=O)c2ccc(C)cc2Cl)s1. The smallest absolute Gasteiger partial charge is 0.259 e. The van der Waals surface area contributed by atoms with Crippen LogP contribution in [0.3, 0.4) is 0 Å². The number of hydrogen-bond donors (Lipinski definition) is 1. The van der Waals surface area contributed by atoms with Crippen molar-refractivity contribution in [2.45, 2.75) is 24.6 Å². The van der Waals surface area contributed by atoms with Gasteiger partial charge in [-0.1, -0.05) is 47.7 Å². The van der Waals surface area contributed by atoms with E-state index in [0.717, 1.165) is 22.1 Å². The molecule has 1 aromatic carbocycles. The van der Waals surface area contributed by atoms with Gasteiger partial charge < -0.3 is 0 Å². The highest BCUT2D eigenvalue weighted by molar-refractivity contribution is 8.01.